The molecular weight excluding hydrogens is 434 g/mol. The monoisotopic (exact) mass is 461 g/mol. The summed E-state index contributed by atoms with van der Waals surface area (Å²) in [6, 6.07) is 22.4. The molecule has 0 aliphatic rings. The number of anilines is 1. The molecule has 2 heterocycles. The fraction of sp³-hybridized carbons (Fsp3) is 0.200. The van der Waals surface area contributed by atoms with Crippen molar-refractivity contribution in [3.05, 3.63) is 102 Å². The lowest BCUT2D eigenvalue weighted by Gasteiger charge is -2.13. The van der Waals surface area contributed by atoms with Crippen LogP contribution in [0.1, 0.15) is 16.7 Å². The number of nitrogens with zero attached hydrogens (tertiary/aromatic N) is 3. The van der Waals surface area contributed by atoms with E-state index in [1.807, 2.05) is 59.5 Å². The van der Waals surface area contributed by atoms with Crippen molar-refractivity contribution in [1.82, 2.24) is 19.5 Å². The molecule has 8 heteroatoms. The van der Waals surface area contributed by atoms with E-state index in [9.17, 15) is 8.42 Å². The molecule has 0 atom stereocenters. The topological polar surface area (TPSA) is 88.9 Å². The molecule has 0 radical (unpaired) electrons. The molecule has 2 N–H and O–H groups in total. The Morgan fingerprint density at radius 3 is 2.52 bits per heavy atom. The van der Waals surface area contributed by atoms with E-state index in [0.29, 0.717) is 13.1 Å². The normalized spacial score (nSPS) is 11.4. The maximum absolute atomic E-state index is 11.8. The average Bonchev–Trinajstić information content (AvgIpc) is 3.29. The summed E-state index contributed by atoms with van der Waals surface area (Å²) in [5.41, 5.74) is 6.08. The van der Waals surface area contributed by atoms with Gasteiger partial charge in [0.25, 0.3) is 0 Å². The molecule has 0 unspecified atom stereocenters. The molecule has 33 heavy (non-hydrogen) atoms. The Kier molecular flexibility index (Phi) is 7.16. The van der Waals surface area contributed by atoms with Crippen LogP contribution in [0.5, 0.6) is 0 Å². The summed E-state index contributed by atoms with van der Waals surface area (Å²) in [6.07, 6.45) is 6.33. The lowest BCUT2D eigenvalue weighted by Crippen LogP contribution is -2.26. The first-order chi connectivity index (χ1) is 16.0. The van der Waals surface area contributed by atoms with Gasteiger partial charge in [-0.25, -0.2) is 13.1 Å². The van der Waals surface area contributed by atoms with Crippen LogP contribution < -0.4 is 10.0 Å². The van der Waals surface area contributed by atoms with Crippen molar-refractivity contribution in [3.8, 4) is 11.3 Å². The van der Waals surface area contributed by atoms with Crippen LogP contribution in [0.25, 0.3) is 11.3 Å². The van der Waals surface area contributed by atoms with Gasteiger partial charge in [0, 0.05) is 36.4 Å². The largest absolute Gasteiger partial charge is 0.383 e. The highest BCUT2D eigenvalue weighted by Crippen LogP contribution is 2.29. The molecule has 0 fully saturated rings. The van der Waals surface area contributed by atoms with Gasteiger partial charge < -0.3 is 5.32 Å². The first kappa shape index (κ1) is 22.7. The molecule has 4 rings (SSSR count). The molecule has 4 aromatic rings. The lowest BCUT2D eigenvalue weighted by atomic mass is 10.00. The van der Waals surface area contributed by atoms with E-state index < -0.39 is 10.0 Å². The Hall–Kier alpha value is -3.49. The Morgan fingerprint density at radius 1 is 0.939 bits per heavy atom. The van der Waals surface area contributed by atoms with E-state index in [1.165, 1.54) is 12.6 Å². The van der Waals surface area contributed by atoms with Gasteiger partial charge in [-0.2, -0.15) is 5.10 Å². The molecule has 0 saturated heterocycles. The molecule has 0 saturated carbocycles. The minimum atomic E-state index is -3.28. The fourth-order valence-electron chi connectivity index (χ4n) is 3.59. The van der Waals surface area contributed by atoms with E-state index in [0.717, 1.165) is 34.5 Å². The minimum Gasteiger partial charge on any atom is -0.383 e. The molecule has 2 aromatic heterocycles. The summed E-state index contributed by atoms with van der Waals surface area (Å²) < 4.78 is 27.8. The molecule has 7 nitrogen and oxygen atoms in total. The molecular formula is C25H27N5O2S. The first-order valence-corrected chi connectivity index (χ1v) is 12.4. The zero-order valence-corrected chi connectivity index (χ0v) is 19.3. The van der Waals surface area contributed by atoms with E-state index in [-0.39, 0.29) is 5.75 Å². The molecule has 170 valence electrons. The SMILES string of the molecule is CNS(=O)(=O)CCNc1ccc(Cc2ccccc2)cc1-c1ccn(Cc2cccnc2)n1. The Balaban J connectivity index is 1.60. The van der Waals surface area contributed by atoms with Crippen LogP contribution >= 0.6 is 0 Å². The molecule has 0 amide bonds. The van der Waals surface area contributed by atoms with Crippen LogP contribution in [0.4, 0.5) is 5.69 Å². The highest BCUT2D eigenvalue weighted by Gasteiger charge is 2.12. The van der Waals surface area contributed by atoms with Crippen molar-refractivity contribution in [3.63, 3.8) is 0 Å². The molecule has 0 bridgehead atoms. The minimum absolute atomic E-state index is 0.00977. The summed E-state index contributed by atoms with van der Waals surface area (Å²) in [5.74, 6) is -0.00977. The van der Waals surface area contributed by atoms with Gasteiger partial charge in [-0.1, -0.05) is 42.5 Å². The lowest BCUT2D eigenvalue weighted by molar-refractivity contribution is 0.588. The third-order valence-electron chi connectivity index (χ3n) is 5.32. The zero-order chi connectivity index (χ0) is 23.1. The molecule has 0 spiro atoms. The Labute approximate surface area is 194 Å². The molecule has 0 aliphatic carbocycles. The predicted octanol–water partition coefficient (Wildman–Crippen LogP) is 3.55. The highest BCUT2D eigenvalue weighted by atomic mass is 32.2. The number of sulfonamides is 1. The van der Waals surface area contributed by atoms with Gasteiger partial charge in [0.05, 0.1) is 18.0 Å². The maximum atomic E-state index is 11.8. The van der Waals surface area contributed by atoms with Crippen LogP contribution in [0, 0.1) is 0 Å². The number of pyridine rings is 1. The van der Waals surface area contributed by atoms with Gasteiger partial charge >= 0.3 is 0 Å². The van der Waals surface area contributed by atoms with E-state index in [1.54, 1.807) is 6.20 Å². The number of rotatable bonds is 10. The fourth-order valence-corrected chi connectivity index (χ4v) is 4.17. The second-order valence-corrected chi connectivity index (χ2v) is 9.80. The van der Waals surface area contributed by atoms with Gasteiger partial charge in [-0.3, -0.25) is 9.67 Å². The summed E-state index contributed by atoms with van der Waals surface area (Å²) in [7, 11) is -1.86. The van der Waals surface area contributed by atoms with Gasteiger partial charge in [-0.15, -0.1) is 0 Å². The van der Waals surface area contributed by atoms with Crippen molar-refractivity contribution in [2.45, 2.75) is 13.0 Å². The first-order valence-electron chi connectivity index (χ1n) is 10.8. The zero-order valence-electron chi connectivity index (χ0n) is 18.5. The van der Waals surface area contributed by atoms with E-state index >= 15 is 0 Å². The van der Waals surface area contributed by atoms with Gasteiger partial charge in [0.1, 0.15) is 0 Å². The summed E-state index contributed by atoms with van der Waals surface area (Å²) in [5, 5.41) is 8.05. The molecule has 0 aliphatic heterocycles. The number of hydrogen-bond acceptors (Lipinski definition) is 5. The van der Waals surface area contributed by atoms with Crippen LogP contribution in [-0.2, 0) is 23.0 Å². The standard InChI is InChI=1S/C25H27N5O2S/c1-26-33(31,32)15-13-28-24-10-9-21(16-20-6-3-2-4-7-20)17-23(24)25-11-14-30(29-25)19-22-8-5-12-27-18-22/h2-12,14,17-18,26,28H,13,15-16,19H2,1H3. The van der Waals surface area contributed by atoms with Crippen LogP contribution in [0.15, 0.2) is 85.3 Å². The van der Waals surface area contributed by atoms with Crippen LogP contribution in [-0.4, -0.2) is 42.5 Å². The third-order valence-corrected chi connectivity index (χ3v) is 6.68. The average molecular weight is 462 g/mol. The van der Waals surface area contributed by atoms with Crippen LogP contribution in [0.3, 0.4) is 0 Å². The Bertz CT molecular complexity index is 1290. The van der Waals surface area contributed by atoms with Gasteiger partial charge in [0.2, 0.25) is 10.0 Å². The highest BCUT2D eigenvalue weighted by molar-refractivity contribution is 7.89. The summed E-state index contributed by atoms with van der Waals surface area (Å²) in [6.45, 7) is 0.922. The smallest absolute Gasteiger partial charge is 0.213 e. The van der Waals surface area contributed by atoms with Crippen molar-refractivity contribution in [2.24, 2.45) is 0 Å². The number of benzene rings is 2. The summed E-state index contributed by atoms with van der Waals surface area (Å²) >= 11 is 0. The predicted molar refractivity (Wildman–Crippen MR) is 132 cm³/mol. The number of hydrogen-bond donors (Lipinski definition) is 2. The van der Waals surface area contributed by atoms with E-state index in [4.69, 9.17) is 5.10 Å². The van der Waals surface area contributed by atoms with Crippen molar-refractivity contribution >= 4 is 15.7 Å². The van der Waals surface area contributed by atoms with Crippen LogP contribution in [0.2, 0.25) is 0 Å². The number of nitrogens with one attached hydrogen (secondary N) is 2. The third kappa shape index (κ3) is 6.27. The maximum Gasteiger partial charge on any atom is 0.213 e. The van der Waals surface area contributed by atoms with E-state index in [2.05, 4.69) is 39.3 Å². The quantitative estimate of drug-likeness (QED) is 0.377. The second-order valence-electron chi connectivity index (χ2n) is 7.75. The summed E-state index contributed by atoms with van der Waals surface area (Å²) in [4.78, 5) is 4.17. The second kappa shape index (κ2) is 10.4. The van der Waals surface area contributed by atoms with Crippen molar-refractivity contribution in [1.29, 1.82) is 0 Å². The van der Waals surface area contributed by atoms with Crippen molar-refractivity contribution < 1.29 is 8.42 Å². The van der Waals surface area contributed by atoms with Gasteiger partial charge in [0.15, 0.2) is 0 Å². The number of aromatic nitrogens is 3. The Morgan fingerprint density at radius 2 is 1.76 bits per heavy atom. The van der Waals surface area contributed by atoms with Gasteiger partial charge in [-0.05, 0) is 54.4 Å². The van der Waals surface area contributed by atoms with Crippen molar-refractivity contribution in [2.75, 3.05) is 24.7 Å². The molecule has 2 aromatic carbocycles.